The summed E-state index contributed by atoms with van der Waals surface area (Å²) in [5.41, 5.74) is 0. The maximum absolute atomic E-state index is 2.52. The summed E-state index contributed by atoms with van der Waals surface area (Å²) < 4.78 is 0. The predicted molar refractivity (Wildman–Crippen MR) is 61.0 cm³/mol. The monoisotopic (exact) mass is 230 g/mol. The number of hydrogen-bond acceptors (Lipinski definition) is 0. The van der Waals surface area contributed by atoms with Crippen LogP contribution in [0, 0.1) is 0 Å². The molecule has 0 radical (unpaired) electrons. The molecule has 0 aliphatic heterocycles. The van der Waals surface area contributed by atoms with Crippen LogP contribution in [0.2, 0.25) is 39.3 Å². The quantitative estimate of drug-likeness (QED) is 0.630. The minimum absolute atomic E-state index is 0. The fraction of sp³-hybridized carbons (Fsp3) is 1.00. The first kappa shape index (κ1) is 14.1. The van der Waals surface area contributed by atoms with Gasteiger partial charge in [-0.15, -0.1) is 0 Å². The Kier molecular flexibility index (Phi) is 6.47. The van der Waals surface area contributed by atoms with Crippen molar-refractivity contribution in [3.63, 3.8) is 0 Å². The molecule has 4 heteroatoms. The van der Waals surface area contributed by atoms with E-state index in [9.17, 15) is 0 Å². The Morgan fingerprint density at radius 3 is 0.900 bits per heavy atom. The normalized spacial score (nSPS) is 12.6. The Morgan fingerprint density at radius 1 is 0.700 bits per heavy atom. The second kappa shape index (κ2) is 4.58. The van der Waals surface area contributed by atoms with Gasteiger partial charge in [-0.25, -0.2) is 0 Å². The molecule has 0 saturated heterocycles. The zero-order valence-electron chi connectivity index (χ0n) is 7.50. The molecule has 0 amide bonds. The third kappa shape index (κ3) is 12.3. The van der Waals surface area contributed by atoms with Gasteiger partial charge in [0.25, 0.3) is 0 Å². The molecule has 0 rings (SSSR count). The first-order valence-corrected chi connectivity index (χ1v) is 16.8. The molecule has 0 fully saturated rings. The molecule has 58 valence electrons. The van der Waals surface area contributed by atoms with E-state index in [1.54, 1.807) is 0 Å². The van der Waals surface area contributed by atoms with Gasteiger partial charge in [-0.1, -0.05) is 0 Å². The third-order valence-corrected chi connectivity index (χ3v) is 35.1. The molecule has 0 aliphatic carbocycles. The van der Waals surface area contributed by atoms with Gasteiger partial charge < -0.3 is 0 Å². The van der Waals surface area contributed by atoms with Crippen molar-refractivity contribution in [2.75, 3.05) is 0 Å². The summed E-state index contributed by atoms with van der Waals surface area (Å²) in [6.07, 6.45) is 0. The number of hydrogen-bond donors (Lipinski definition) is 0. The fourth-order valence-corrected chi connectivity index (χ4v) is 52.6. The molecule has 0 saturated carbocycles. The average Bonchev–Trinajstić information content (AvgIpc) is 1.14. The van der Waals surface area contributed by atoms with E-state index in [1.165, 1.54) is 0 Å². The van der Waals surface area contributed by atoms with E-state index < -0.39 is 13.1 Å². The second-order valence-corrected chi connectivity index (χ2v) is 38.2. The van der Waals surface area contributed by atoms with Crippen LogP contribution >= 0.6 is 0 Å². The fourth-order valence-electron chi connectivity index (χ4n) is 1.12. The van der Waals surface area contributed by atoms with E-state index in [0.717, 1.165) is 0 Å². The van der Waals surface area contributed by atoms with Crippen molar-refractivity contribution in [3.8, 4) is 0 Å². The van der Waals surface area contributed by atoms with Crippen molar-refractivity contribution in [3.05, 3.63) is 0 Å². The van der Waals surface area contributed by atoms with Crippen molar-refractivity contribution in [2.24, 2.45) is 0 Å². The zero-order chi connectivity index (χ0) is 7.71. The molecule has 0 heterocycles. The molecule has 0 spiro atoms. The van der Waals surface area contributed by atoms with Gasteiger partial charge >= 0.3 is 85.7 Å². The van der Waals surface area contributed by atoms with Gasteiger partial charge in [-0.05, 0) is 0 Å². The second-order valence-electron chi connectivity index (χ2n) is 4.62. The topological polar surface area (TPSA) is 0 Å². The van der Waals surface area contributed by atoms with Crippen molar-refractivity contribution < 1.29 is 0 Å². The van der Waals surface area contributed by atoms with Gasteiger partial charge in [0.15, 0.2) is 0 Å². The van der Waals surface area contributed by atoms with Crippen LogP contribution in [0.5, 0.6) is 0 Å². The summed E-state index contributed by atoms with van der Waals surface area (Å²) in [6.45, 7) is 13.9. The first-order chi connectivity index (χ1) is 3.71. The summed E-state index contributed by atoms with van der Waals surface area (Å²) in [7, 11) is 0. The van der Waals surface area contributed by atoms with Crippen LogP contribution in [0.25, 0.3) is 0 Å². The van der Waals surface area contributed by atoms with Gasteiger partial charge in [0.1, 0.15) is 0 Å². The van der Waals surface area contributed by atoms with Gasteiger partial charge in [-0.2, -0.15) is 0 Å². The molecule has 0 aromatic carbocycles. The summed E-state index contributed by atoms with van der Waals surface area (Å²) in [6, 6.07) is 0. The van der Waals surface area contributed by atoms with Gasteiger partial charge in [0.05, 0.1) is 0 Å². The van der Waals surface area contributed by atoms with E-state index in [-0.39, 0.29) is 18.9 Å². The van der Waals surface area contributed by atoms with Gasteiger partial charge in [-0.3, -0.25) is 0 Å². The zero-order valence-corrected chi connectivity index (χ0v) is 11.6. The molecule has 0 atom stereocenters. The van der Waals surface area contributed by atoms with Crippen LogP contribution in [0.15, 0.2) is 0 Å². The molecule has 0 aromatic rings. The van der Waals surface area contributed by atoms with E-state index >= 15 is 0 Å². The van der Waals surface area contributed by atoms with Crippen LogP contribution in [0.4, 0.5) is 0 Å². The summed E-state index contributed by atoms with van der Waals surface area (Å²) in [5, 5.41) is 0. The average molecular weight is 230 g/mol. The van der Waals surface area contributed by atoms with Crippen LogP contribution < -0.4 is 0 Å². The summed E-state index contributed by atoms with van der Waals surface area (Å²) in [4.78, 5) is 0. The maximum atomic E-state index is 2.52. The van der Waals surface area contributed by atoms with Crippen LogP contribution in [0.1, 0.15) is 0 Å². The van der Waals surface area contributed by atoms with Crippen LogP contribution in [-0.2, 0) is 0 Å². The molecular formula is C6H20AsLiSi2. The van der Waals surface area contributed by atoms with Crippen molar-refractivity contribution in [2.45, 2.75) is 39.3 Å². The molecule has 0 nitrogen and oxygen atoms in total. The molecule has 0 bridgehead atoms. The Bertz CT molecular complexity index is 80.9. The Morgan fingerprint density at radius 2 is 0.900 bits per heavy atom. The third-order valence-electron chi connectivity index (χ3n) is 0.750. The van der Waals surface area contributed by atoms with Crippen molar-refractivity contribution in [1.82, 2.24) is 0 Å². The van der Waals surface area contributed by atoms with Crippen LogP contribution in [-0.4, -0.2) is 46.4 Å². The molecule has 0 aromatic heterocycles. The number of rotatable bonds is 2. The Balaban J connectivity index is 0. The predicted octanol–water partition coefficient (Wildman–Crippen LogP) is 1.44. The summed E-state index contributed by atoms with van der Waals surface area (Å²) in [5.74, 6) is 0. The SMILES string of the molecule is C[Si](C)(C)[AsH][Si](C)(C)C.[LiH]. The van der Waals surface area contributed by atoms with Gasteiger partial charge in [0, 0.05) is 0 Å². The van der Waals surface area contributed by atoms with Crippen molar-refractivity contribution >= 4 is 46.4 Å². The van der Waals surface area contributed by atoms with Gasteiger partial charge in [0.2, 0.25) is 0 Å². The Labute approximate surface area is 85.2 Å². The first-order valence-electron chi connectivity index (χ1n) is 3.50. The standard InChI is InChI=1S/C6H19AsSi2.Li.H/c1-8(2,3)7-9(4,5)6;;/h7H,1-6H3;;. The van der Waals surface area contributed by atoms with E-state index in [0.29, 0.717) is 14.4 Å². The molecular weight excluding hydrogens is 210 g/mol. The Hall–Kier alpha value is 1.59. The minimum atomic E-state index is -0.606. The summed E-state index contributed by atoms with van der Waals surface area (Å²) >= 11 is 0.486. The molecule has 0 unspecified atom stereocenters. The molecule has 10 heavy (non-hydrogen) atoms. The van der Waals surface area contributed by atoms with E-state index in [1.807, 2.05) is 0 Å². The van der Waals surface area contributed by atoms with Crippen molar-refractivity contribution in [1.29, 1.82) is 0 Å². The van der Waals surface area contributed by atoms with E-state index in [2.05, 4.69) is 39.3 Å². The van der Waals surface area contributed by atoms with E-state index in [4.69, 9.17) is 0 Å². The van der Waals surface area contributed by atoms with Crippen LogP contribution in [0.3, 0.4) is 0 Å². The molecule has 0 N–H and O–H groups in total. The molecule has 0 aliphatic rings.